The van der Waals surface area contributed by atoms with E-state index in [1.54, 1.807) is 11.8 Å². The topological polar surface area (TPSA) is 46.8 Å². The highest BCUT2D eigenvalue weighted by molar-refractivity contribution is 7.98. The van der Waals surface area contributed by atoms with Crippen LogP contribution in [0.3, 0.4) is 0 Å². The normalized spacial score (nSPS) is 24.7. The van der Waals surface area contributed by atoms with Gasteiger partial charge >= 0.3 is 0 Å². The first-order valence-electron chi connectivity index (χ1n) is 7.73. The number of aromatic nitrogens is 2. The van der Waals surface area contributed by atoms with Crippen LogP contribution in [0.1, 0.15) is 29.8 Å². The zero-order chi connectivity index (χ0) is 15.1. The van der Waals surface area contributed by atoms with Crippen molar-refractivity contribution in [1.29, 1.82) is 0 Å². The lowest BCUT2D eigenvalue weighted by Crippen LogP contribution is -2.51. The van der Waals surface area contributed by atoms with Crippen LogP contribution in [-0.4, -0.2) is 51.7 Å². The minimum Gasteiger partial charge on any atom is -0.374 e. The molecule has 2 fully saturated rings. The highest BCUT2D eigenvalue weighted by Crippen LogP contribution is 2.31. The van der Waals surface area contributed by atoms with Gasteiger partial charge in [0.05, 0.1) is 24.3 Å². The molecule has 0 spiro atoms. The maximum atomic E-state index is 13.1. The van der Waals surface area contributed by atoms with Crippen LogP contribution in [0, 0.1) is 0 Å². The summed E-state index contributed by atoms with van der Waals surface area (Å²) in [5.41, 5.74) is 1.45. The second kappa shape index (κ2) is 5.59. The van der Waals surface area contributed by atoms with Crippen molar-refractivity contribution in [3.8, 4) is 0 Å². The smallest absolute Gasteiger partial charge is 0.275 e. The highest BCUT2D eigenvalue weighted by Gasteiger charge is 2.39. The molecule has 0 bridgehead atoms. The molecule has 6 heteroatoms. The number of amides is 1. The number of fused-ring (bicyclic) bond motifs is 2. The number of carbonyl (C=O) groups is 1. The molecule has 5 nitrogen and oxygen atoms in total. The summed E-state index contributed by atoms with van der Waals surface area (Å²) >= 11 is 1.56. The monoisotopic (exact) mass is 317 g/mol. The van der Waals surface area contributed by atoms with Crippen LogP contribution in [0.5, 0.6) is 0 Å². The quantitative estimate of drug-likeness (QED) is 0.798. The Morgan fingerprint density at radius 2 is 2.32 bits per heavy atom. The molecule has 3 heterocycles. The van der Waals surface area contributed by atoms with Gasteiger partial charge < -0.3 is 9.64 Å². The van der Waals surface area contributed by atoms with Crippen LogP contribution >= 0.6 is 11.8 Å². The predicted octanol–water partition coefficient (Wildman–Crippen LogP) is 2.45. The van der Waals surface area contributed by atoms with E-state index in [1.165, 1.54) is 0 Å². The molecule has 1 amide bonds. The molecule has 1 saturated carbocycles. The fraction of sp³-hybridized carbons (Fsp3) is 0.500. The molecular formula is C16H19N3O2S. The van der Waals surface area contributed by atoms with Gasteiger partial charge in [0, 0.05) is 12.7 Å². The average molecular weight is 317 g/mol. The Morgan fingerprint density at radius 3 is 3.18 bits per heavy atom. The van der Waals surface area contributed by atoms with Gasteiger partial charge in [-0.2, -0.15) is 0 Å². The van der Waals surface area contributed by atoms with E-state index in [9.17, 15) is 4.79 Å². The van der Waals surface area contributed by atoms with Gasteiger partial charge in [-0.25, -0.2) is 4.98 Å². The van der Waals surface area contributed by atoms with E-state index < -0.39 is 0 Å². The molecule has 1 aliphatic carbocycles. The first-order chi connectivity index (χ1) is 10.8. The molecule has 22 heavy (non-hydrogen) atoms. The summed E-state index contributed by atoms with van der Waals surface area (Å²) in [7, 11) is 0. The van der Waals surface area contributed by atoms with E-state index in [0.717, 1.165) is 29.9 Å². The number of ether oxygens (including phenoxy) is 1. The van der Waals surface area contributed by atoms with Gasteiger partial charge in [0.2, 0.25) is 0 Å². The molecule has 2 aliphatic rings. The van der Waals surface area contributed by atoms with Gasteiger partial charge in [-0.15, -0.1) is 0 Å². The van der Waals surface area contributed by atoms with Crippen molar-refractivity contribution < 1.29 is 9.53 Å². The number of carbonyl (C=O) groups excluding carboxylic acids is 1. The molecule has 1 saturated heterocycles. The Morgan fingerprint density at radius 1 is 1.41 bits per heavy atom. The zero-order valence-electron chi connectivity index (χ0n) is 12.6. The number of nitrogens with zero attached hydrogens (tertiary/aromatic N) is 3. The number of hydrogen-bond acceptors (Lipinski definition) is 4. The average Bonchev–Trinajstić information content (AvgIpc) is 3.18. The van der Waals surface area contributed by atoms with Crippen LogP contribution in [0.15, 0.2) is 29.6 Å². The van der Waals surface area contributed by atoms with E-state index in [2.05, 4.69) is 4.98 Å². The van der Waals surface area contributed by atoms with Crippen LogP contribution < -0.4 is 0 Å². The van der Waals surface area contributed by atoms with Crippen LogP contribution in [0.2, 0.25) is 0 Å². The maximum Gasteiger partial charge on any atom is 0.275 e. The maximum absolute atomic E-state index is 13.1. The minimum absolute atomic E-state index is 0.0456. The van der Waals surface area contributed by atoms with Crippen molar-refractivity contribution in [2.24, 2.45) is 0 Å². The lowest BCUT2D eigenvalue weighted by Gasteiger charge is -2.37. The van der Waals surface area contributed by atoms with Crippen molar-refractivity contribution in [2.75, 3.05) is 19.4 Å². The second-order valence-corrected chi connectivity index (χ2v) is 6.58. The van der Waals surface area contributed by atoms with Gasteiger partial charge in [0.15, 0.2) is 10.9 Å². The lowest BCUT2D eigenvalue weighted by atomic mass is 10.1. The second-order valence-electron chi connectivity index (χ2n) is 5.81. The van der Waals surface area contributed by atoms with Gasteiger partial charge in [-0.3, -0.25) is 9.20 Å². The van der Waals surface area contributed by atoms with Gasteiger partial charge in [0.1, 0.15) is 0 Å². The largest absolute Gasteiger partial charge is 0.374 e. The van der Waals surface area contributed by atoms with Gasteiger partial charge in [-0.05, 0) is 37.7 Å². The molecule has 2 aromatic rings. The SMILES string of the molecule is CSc1nc(C(=O)N2CCO[C@@H]3CCC[C@@H]32)c2ccccn12. The Balaban J connectivity index is 1.73. The Bertz CT molecular complexity index is 714. The highest BCUT2D eigenvalue weighted by atomic mass is 32.2. The van der Waals surface area contributed by atoms with E-state index in [-0.39, 0.29) is 18.1 Å². The third kappa shape index (κ3) is 2.13. The third-order valence-electron chi connectivity index (χ3n) is 4.64. The van der Waals surface area contributed by atoms with E-state index >= 15 is 0 Å². The number of hydrogen-bond donors (Lipinski definition) is 0. The molecular weight excluding hydrogens is 298 g/mol. The summed E-state index contributed by atoms with van der Waals surface area (Å²) in [4.78, 5) is 19.6. The first kappa shape index (κ1) is 14.1. The molecule has 2 atom stereocenters. The Hall–Kier alpha value is -1.53. The zero-order valence-corrected chi connectivity index (χ0v) is 13.4. The Kier molecular flexibility index (Phi) is 3.58. The summed E-state index contributed by atoms with van der Waals surface area (Å²) < 4.78 is 7.80. The molecule has 1 aliphatic heterocycles. The van der Waals surface area contributed by atoms with Crippen LogP contribution in [0.4, 0.5) is 0 Å². The molecule has 0 unspecified atom stereocenters. The van der Waals surface area contributed by atoms with Crippen molar-refractivity contribution in [1.82, 2.24) is 14.3 Å². The summed E-state index contributed by atoms with van der Waals surface area (Å²) in [6, 6.07) is 6.10. The van der Waals surface area contributed by atoms with Gasteiger partial charge in [-0.1, -0.05) is 17.8 Å². The fourth-order valence-electron chi connectivity index (χ4n) is 3.62. The number of thioether (sulfide) groups is 1. The van der Waals surface area contributed by atoms with Crippen LogP contribution in [-0.2, 0) is 4.74 Å². The standard InChI is InChI=1S/C16H19N3O2S/c1-22-16-17-14(12-5-2-3-8-19(12)16)15(20)18-9-10-21-13-7-4-6-11(13)18/h2-3,5,8,11,13H,4,6-7,9-10H2,1H3/t11-,13+/m0/s1. The molecule has 0 N–H and O–H groups in total. The number of imidazole rings is 1. The molecule has 4 rings (SSSR count). The van der Waals surface area contributed by atoms with Crippen LogP contribution in [0.25, 0.3) is 5.52 Å². The molecule has 0 radical (unpaired) electrons. The fourth-order valence-corrected chi connectivity index (χ4v) is 4.16. The molecule has 0 aromatic carbocycles. The van der Waals surface area contributed by atoms with Crippen molar-refractivity contribution in [3.63, 3.8) is 0 Å². The number of rotatable bonds is 2. The van der Waals surface area contributed by atoms with E-state index in [4.69, 9.17) is 4.74 Å². The predicted molar refractivity (Wildman–Crippen MR) is 85.4 cm³/mol. The summed E-state index contributed by atoms with van der Waals surface area (Å²) in [6.07, 6.45) is 7.40. The van der Waals surface area contributed by atoms with Gasteiger partial charge in [0.25, 0.3) is 5.91 Å². The lowest BCUT2D eigenvalue weighted by molar-refractivity contribution is -0.0446. The van der Waals surface area contributed by atoms with E-state index in [1.807, 2.05) is 40.0 Å². The Labute approximate surface area is 133 Å². The summed E-state index contributed by atoms with van der Waals surface area (Å²) in [6.45, 7) is 1.30. The minimum atomic E-state index is 0.0456. The number of morpholine rings is 1. The van der Waals surface area contributed by atoms with Crippen molar-refractivity contribution in [2.45, 2.75) is 36.6 Å². The molecule has 2 aromatic heterocycles. The van der Waals surface area contributed by atoms with Crippen molar-refractivity contribution in [3.05, 3.63) is 30.1 Å². The first-order valence-corrected chi connectivity index (χ1v) is 8.95. The third-order valence-corrected chi connectivity index (χ3v) is 5.30. The summed E-state index contributed by atoms with van der Waals surface area (Å²) in [5.74, 6) is 0.0456. The van der Waals surface area contributed by atoms with E-state index in [0.29, 0.717) is 18.8 Å². The molecule has 116 valence electrons. The number of pyridine rings is 1. The van der Waals surface area contributed by atoms with Crippen molar-refractivity contribution >= 4 is 23.2 Å². The summed E-state index contributed by atoms with van der Waals surface area (Å²) in [5, 5.41) is 0.857.